The van der Waals surface area contributed by atoms with Gasteiger partial charge in [0.05, 0.1) is 16.9 Å². The molecule has 0 fully saturated rings. The zero-order valence-corrected chi connectivity index (χ0v) is 28.7. The van der Waals surface area contributed by atoms with Gasteiger partial charge >= 0.3 is 0 Å². The Bertz CT molecular complexity index is 2620. The number of pyridine rings is 1. The van der Waals surface area contributed by atoms with E-state index in [2.05, 4.69) is 126 Å². The van der Waals surface area contributed by atoms with Crippen LogP contribution in [0.3, 0.4) is 0 Å². The van der Waals surface area contributed by atoms with Gasteiger partial charge in [0.15, 0.2) is 7.14 Å². The van der Waals surface area contributed by atoms with Gasteiger partial charge in [0.25, 0.3) is 0 Å². The Morgan fingerprint density at radius 2 is 0.961 bits per heavy atom. The molecule has 51 heavy (non-hydrogen) atoms. The average Bonchev–Trinajstić information content (AvgIpc) is 3.22. The highest BCUT2D eigenvalue weighted by atomic mass is 31.2. The maximum absolute atomic E-state index is 15.6. The van der Waals surface area contributed by atoms with E-state index in [1.807, 2.05) is 78.9 Å². The van der Waals surface area contributed by atoms with Crippen LogP contribution in [0.1, 0.15) is 0 Å². The molecular weight excluding hydrogens is 640 g/mol. The van der Waals surface area contributed by atoms with E-state index < -0.39 is 7.14 Å². The van der Waals surface area contributed by atoms with Gasteiger partial charge in [-0.25, -0.2) is 4.98 Å². The summed E-state index contributed by atoms with van der Waals surface area (Å²) in [5.41, 5.74) is 5.92. The molecule has 0 unspecified atom stereocenters. The summed E-state index contributed by atoms with van der Waals surface area (Å²) in [4.78, 5) is 7.81. The van der Waals surface area contributed by atoms with Crippen molar-refractivity contribution >= 4 is 72.6 Å². The number of anilines is 3. The second-order valence-electron chi connectivity index (χ2n) is 12.7. The van der Waals surface area contributed by atoms with E-state index >= 15 is 4.57 Å². The summed E-state index contributed by atoms with van der Waals surface area (Å²) >= 11 is 0. The van der Waals surface area contributed by atoms with Gasteiger partial charge in [0, 0.05) is 49.0 Å². The first kappa shape index (κ1) is 30.8. The molecule has 1 heterocycles. The molecule has 1 aromatic heterocycles. The molecule has 8 aromatic carbocycles. The van der Waals surface area contributed by atoms with Gasteiger partial charge < -0.3 is 9.46 Å². The molecule has 0 bridgehead atoms. The van der Waals surface area contributed by atoms with E-state index in [9.17, 15) is 0 Å². The normalized spacial score (nSPS) is 11.6. The average molecular weight is 673 g/mol. The first-order chi connectivity index (χ1) is 25.2. The van der Waals surface area contributed by atoms with Crippen molar-refractivity contribution in [1.29, 1.82) is 0 Å². The maximum atomic E-state index is 15.6. The number of benzene rings is 8. The second-order valence-corrected chi connectivity index (χ2v) is 15.4. The molecule has 3 nitrogen and oxygen atoms in total. The Morgan fingerprint density at radius 1 is 0.431 bits per heavy atom. The largest absolute Gasteiger partial charge is 0.309 e. The highest BCUT2D eigenvalue weighted by molar-refractivity contribution is 7.85. The molecule has 0 spiro atoms. The van der Waals surface area contributed by atoms with Crippen molar-refractivity contribution in [3.05, 3.63) is 200 Å². The molecular formula is C47H33N2OP. The molecule has 0 N–H and O–H groups in total. The van der Waals surface area contributed by atoms with E-state index in [1.54, 1.807) is 0 Å². The Labute approximate surface area is 297 Å². The van der Waals surface area contributed by atoms with Crippen molar-refractivity contribution < 1.29 is 4.57 Å². The number of aromatic nitrogens is 1. The molecule has 4 heteroatoms. The maximum Gasteiger partial charge on any atom is 0.171 e. The fourth-order valence-electron chi connectivity index (χ4n) is 7.31. The van der Waals surface area contributed by atoms with E-state index in [0.29, 0.717) is 0 Å². The van der Waals surface area contributed by atoms with Crippen LogP contribution in [0.15, 0.2) is 200 Å². The van der Waals surface area contributed by atoms with Gasteiger partial charge in [-0.2, -0.15) is 0 Å². The predicted molar refractivity (Wildman–Crippen MR) is 216 cm³/mol. The summed E-state index contributed by atoms with van der Waals surface area (Å²) in [5, 5.41) is 7.74. The van der Waals surface area contributed by atoms with Gasteiger partial charge in [0.2, 0.25) is 0 Å². The third kappa shape index (κ3) is 5.31. The van der Waals surface area contributed by atoms with Gasteiger partial charge in [-0.3, -0.25) is 0 Å². The van der Waals surface area contributed by atoms with Crippen LogP contribution < -0.4 is 20.8 Å². The lowest BCUT2D eigenvalue weighted by atomic mass is 9.94. The number of hydrogen-bond acceptors (Lipinski definition) is 3. The fraction of sp³-hybridized carbons (Fsp3) is 0. The summed E-state index contributed by atoms with van der Waals surface area (Å²) in [7, 11) is -3.22. The van der Waals surface area contributed by atoms with Crippen LogP contribution >= 0.6 is 7.14 Å². The number of fused-ring (bicyclic) bond motifs is 5. The number of para-hydroxylation sites is 3. The smallest absolute Gasteiger partial charge is 0.171 e. The molecule has 0 radical (unpaired) electrons. The minimum absolute atomic E-state index is 0.803. The zero-order chi connectivity index (χ0) is 34.2. The van der Waals surface area contributed by atoms with Crippen LogP contribution in [0.25, 0.3) is 43.7 Å². The first-order valence-corrected chi connectivity index (χ1v) is 18.9. The number of rotatable bonds is 7. The van der Waals surface area contributed by atoms with Crippen LogP contribution in [-0.2, 0) is 4.57 Å². The summed E-state index contributed by atoms with van der Waals surface area (Å²) in [5.74, 6) is 0. The van der Waals surface area contributed by atoms with E-state index in [0.717, 1.165) is 76.7 Å². The first-order valence-electron chi connectivity index (χ1n) is 17.2. The molecule has 0 atom stereocenters. The third-order valence-corrected chi connectivity index (χ3v) is 12.7. The molecule has 0 saturated carbocycles. The van der Waals surface area contributed by atoms with Gasteiger partial charge in [-0.05, 0) is 47.2 Å². The van der Waals surface area contributed by atoms with E-state index in [-0.39, 0.29) is 0 Å². The predicted octanol–water partition coefficient (Wildman–Crippen LogP) is 11.3. The molecule has 0 aliphatic heterocycles. The van der Waals surface area contributed by atoms with E-state index in [1.165, 1.54) is 0 Å². The standard InChI is InChI=1S/C47H33N2OP/c50-51(38-23-12-4-13-24-38,39-25-14-5-15-26-39)40-31-29-34-30-32-42-45(43(34)33-40)41-27-16-28-44(47(41)48-46(42)35-17-6-1-7-18-35)49(36-19-8-2-9-20-36)37-21-10-3-11-22-37/h1-33H. The summed E-state index contributed by atoms with van der Waals surface area (Å²) in [6.07, 6.45) is 0. The van der Waals surface area contributed by atoms with Crippen LogP contribution in [0.2, 0.25) is 0 Å². The molecule has 0 saturated heterocycles. The Kier molecular flexibility index (Phi) is 7.76. The van der Waals surface area contributed by atoms with Gasteiger partial charge in [-0.1, -0.05) is 164 Å². The monoisotopic (exact) mass is 672 g/mol. The topological polar surface area (TPSA) is 33.2 Å². The summed E-state index contributed by atoms with van der Waals surface area (Å²) in [6.45, 7) is 0. The zero-order valence-electron chi connectivity index (χ0n) is 27.8. The number of nitrogens with zero attached hydrogens (tertiary/aromatic N) is 2. The fourth-order valence-corrected chi connectivity index (χ4v) is 9.99. The third-order valence-electron chi connectivity index (χ3n) is 9.69. The summed E-state index contributed by atoms with van der Waals surface area (Å²) in [6, 6.07) is 68.3. The van der Waals surface area contributed by atoms with Crippen LogP contribution in [0, 0.1) is 0 Å². The second kappa shape index (κ2) is 12.9. The minimum Gasteiger partial charge on any atom is -0.309 e. The van der Waals surface area contributed by atoms with Gasteiger partial charge in [-0.15, -0.1) is 0 Å². The lowest BCUT2D eigenvalue weighted by molar-refractivity contribution is 0.592. The van der Waals surface area contributed by atoms with Crippen molar-refractivity contribution in [1.82, 2.24) is 4.98 Å². The molecule has 0 amide bonds. The SMILES string of the molecule is O=P(c1ccccc1)(c1ccccc1)c1ccc2ccc3c(-c4ccccc4)nc4c(N(c5ccccc5)c5ccccc5)cccc4c3c2c1. The van der Waals surface area contributed by atoms with Crippen molar-refractivity contribution in [2.75, 3.05) is 4.90 Å². The molecule has 242 valence electrons. The van der Waals surface area contributed by atoms with Crippen molar-refractivity contribution in [3.63, 3.8) is 0 Å². The van der Waals surface area contributed by atoms with Crippen molar-refractivity contribution in [2.45, 2.75) is 0 Å². The van der Waals surface area contributed by atoms with Crippen molar-refractivity contribution in [2.24, 2.45) is 0 Å². The Balaban J connectivity index is 1.40. The lowest BCUT2D eigenvalue weighted by Gasteiger charge is -2.27. The molecule has 9 aromatic rings. The van der Waals surface area contributed by atoms with Crippen molar-refractivity contribution in [3.8, 4) is 11.3 Å². The highest BCUT2D eigenvalue weighted by Crippen LogP contribution is 2.46. The van der Waals surface area contributed by atoms with Crippen LogP contribution in [0.5, 0.6) is 0 Å². The molecule has 0 aliphatic carbocycles. The molecule has 9 rings (SSSR count). The lowest BCUT2D eigenvalue weighted by Crippen LogP contribution is -2.24. The molecule has 0 aliphatic rings. The summed E-state index contributed by atoms with van der Waals surface area (Å²) < 4.78 is 15.6. The van der Waals surface area contributed by atoms with E-state index in [4.69, 9.17) is 4.98 Å². The minimum atomic E-state index is -3.22. The Hall–Kier alpha value is -6.28. The quantitative estimate of drug-likeness (QED) is 0.125. The Morgan fingerprint density at radius 3 is 1.55 bits per heavy atom. The number of hydrogen-bond donors (Lipinski definition) is 0. The van der Waals surface area contributed by atoms with Gasteiger partial charge in [0.1, 0.15) is 0 Å². The highest BCUT2D eigenvalue weighted by Gasteiger charge is 2.30. The van der Waals surface area contributed by atoms with Crippen LogP contribution in [0.4, 0.5) is 17.1 Å². The van der Waals surface area contributed by atoms with Crippen LogP contribution in [-0.4, -0.2) is 4.98 Å².